The van der Waals surface area contributed by atoms with Crippen molar-refractivity contribution >= 4 is 23.4 Å². The molecule has 2 aromatic rings. The van der Waals surface area contributed by atoms with E-state index in [1.165, 1.54) is 0 Å². The molecule has 2 rings (SSSR count). The summed E-state index contributed by atoms with van der Waals surface area (Å²) in [5.41, 5.74) is 0.723. The van der Waals surface area contributed by atoms with Crippen LogP contribution in [-0.2, 0) is 4.79 Å². The third-order valence-corrected chi connectivity index (χ3v) is 2.54. The van der Waals surface area contributed by atoms with E-state index in [9.17, 15) is 4.79 Å². The molecule has 14 heavy (non-hydrogen) atoms. The summed E-state index contributed by atoms with van der Waals surface area (Å²) in [4.78, 5) is 10.4. The number of hydrogen-bond acceptors (Lipinski definition) is 4. The molecule has 0 aliphatic heterocycles. The van der Waals surface area contributed by atoms with Gasteiger partial charge in [0, 0.05) is 6.20 Å². The largest absolute Gasteiger partial charge is 0.481 e. The standard InChI is InChI=1S/C8H7N3O2S/c12-7(13)5-14-8-10-9-6-3-1-2-4-11(6)8/h1-4H,5H2,(H,12,13). The monoisotopic (exact) mass is 209 g/mol. The van der Waals surface area contributed by atoms with Gasteiger partial charge in [0.2, 0.25) is 0 Å². The number of pyridine rings is 1. The summed E-state index contributed by atoms with van der Waals surface area (Å²) in [5, 5.41) is 16.9. The van der Waals surface area contributed by atoms with Crippen LogP contribution in [-0.4, -0.2) is 31.4 Å². The van der Waals surface area contributed by atoms with Crippen molar-refractivity contribution in [1.29, 1.82) is 0 Å². The number of aromatic nitrogens is 3. The van der Waals surface area contributed by atoms with E-state index in [4.69, 9.17) is 5.11 Å². The summed E-state index contributed by atoms with van der Waals surface area (Å²) in [6.45, 7) is 0. The van der Waals surface area contributed by atoms with E-state index < -0.39 is 5.97 Å². The lowest BCUT2D eigenvalue weighted by atomic mass is 10.5. The van der Waals surface area contributed by atoms with Gasteiger partial charge in [0.15, 0.2) is 10.8 Å². The number of hydrogen-bond donors (Lipinski definition) is 1. The maximum Gasteiger partial charge on any atom is 0.313 e. The number of carboxylic acid groups (broad SMARTS) is 1. The third kappa shape index (κ3) is 1.69. The van der Waals surface area contributed by atoms with E-state index in [-0.39, 0.29) is 5.75 Å². The van der Waals surface area contributed by atoms with Crippen molar-refractivity contribution < 1.29 is 9.90 Å². The lowest BCUT2D eigenvalue weighted by molar-refractivity contribution is -0.133. The molecule has 0 saturated carbocycles. The molecule has 0 bridgehead atoms. The number of carboxylic acids is 1. The molecular formula is C8H7N3O2S. The highest BCUT2D eigenvalue weighted by molar-refractivity contribution is 7.99. The average Bonchev–Trinajstić information content (AvgIpc) is 2.58. The molecule has 0 saturated heterocycles. The molecule has 72 valence electrons. The molecule has 2 aromatic heterocycles. The molecule has 0 radical (unpaired) electrons. The number of fused-ring (bicyclic) bond motifs is 1. The Kier molecular flexibility index (Phi) is 2.36. The van der Waals surface area contributed by atoms with Gasteiger partial charge in [0.05, 0.1) is 5.75 Å². The minimum Gasteiger partial charge on any atom is -0.481 e. The Labute approximate surface area is 83.8 Å². The normalized spacial score (nSPS) is 10.6. The number of nitrogens with zero attached hydrogens (tertiary/aromatic N) is 3. The van der Waals surface area contributed by atoms with Gasteiger partial charge >= 0.3 is 5.97 Å². The van der Waals surface area contributed by atoms with Crippen molar-refractivity contribution in [3.8, 4) is 0 Å². The Bertz CT molecular complexity index is 468. The van der Waals surface area contributed by atoms with Gasteiger partial charge in [-0.05, 0) is 12.1 Å². The van der Waals surface area contributed by atoms with Crippen molar-refractivity contribution in [2.75, 3.05) is 5.75 Å². The predicted octanol–water partition coefficient (Wildman–Crippen LogP) is 0.906. The van der Waals surface area contributed by atoms with Gasteiger partial charge in [-0.15, -0.1) is 10.2 Å². The van der Waals surface area contributed by atoms with Crippen LogP contribution < -0.4 is 0 Å². The molecule has 0 amide bonds. The van der Waals surface area contributed by atoms with Gasteiger partial charge in [-0.25, -0.2) is 0 Å². The second-order valence-electron chi connectivity index (χ2n) is 2.59. The van der Waals surface area contributed by atoms with Crippen LogP contribution in [0.3, 0.4) is 0 Å². The molecule has 0 aliphatic rings. The van der Waals surface area contributed by atoms with Gasteiger partial charge in [0.1, 0.15) is 0 Å². The number of aliphatic carboxylic acids is 1. The van der Waals surface area contributed by atoms with Crippen LogP contribution in [0, 0.1) is 0 Å². The van der Waals surface area contributed by atoms with Crippen LogP contribution in [0.5, 0.6) is 0 Å². The lowest BCUT2D eigenvalue weighted by Crippen LogP contribution is -1.98. The number of carbonyl (C=O) groups is 1. The Morgan fingerprint density at radius 2 is 2.36 bits per heavy atom. The smallest absolute Gasteiger partial charge is 0.313 e. The van der Waals surface area contributed by atoms with Gasteiger partial charge < -0.3 is 5.11 Å². The van der Waals surface area contributed by atoms with Crippen LogP contribution in [0.15, 0.2) is 29.6 Å². The van der Waals surface area contributed by atoms with Gasteiger partial charge in [-0.1, -0.05) is 17.8 Å². The van der Waals surface area contributed by atoms with Crippen molar-refractivity contribution in [3.05, 3.63) is 24.4 Å². The zero-order chi connectivity index (χ0) is 9.97. The summed E-state index contributed by atoms with van der Waals surface area (Å²) in [6, 6.07) is 5.52. The van der Waals surface area contributed by atoms with Gasteiger partial charge in [-0.3, -0.25) is 9.20 Å². The minimum absolute atomic E-state index is 0.00428. The maximum absolute atomic E-state index is 10.4. The first-order valence-electron chi connectivity index (χ1n) is 3.92. The fraction of sp³-hybridized carbons (Fsp3) is 0.125. The highest BCUT2D eigenvalue weighted by Gasteiger charge is 2.06. The van der Waals surface area contributed by atoms with Gasteiger partial charge in [0.25, 0.3) is 0 Å². The molecule has 0 aromatic carbocycles. The second-order valence-corrected chi connectivity index (χ2v) is 3.54. The predicted molar refractivity (Wildman–Crippen MR) is 51.3 cm³/mol. The first kappa shape index (κ1) is 9.01. The molecule has 0 aliphatic carbocycles. The van der Waals surface area contributed by atoms with Crippen molar-refractivity contribution in [2.45, 2.75) is 5.16 Å². The van der Waals surface area contributed by atoms with E-state index in [1.54, 1.807) is 10.6 Å². The summed E-state index contributed by atoms with van der Waals surface area (Å²) in [7, 11) is 0. The second kappa shape index (κ2) is 3.67. The number of thioether (sulfide) groups is 1. The molecule has 0 spiro atoms. The average molecular weight is 209 g/mol. The zero-order valence-electron chi connectivity index (χ0n) is 7.12. The van der Waals surface area contributed by atoms with Crippen molar-refractivity contribution in [3.63, 3.8) is 0 Å². The van der Waals surface area contributed by atoms with E-state index in [0.717, 1.165) is 17.4 Å². The van der Waals surface area contributed by atoms with E-state index in [0.29, 0.717) is 5.16 Å². The van der Waals surface area contributed by atoms with Crippen LogP contribution >= 0.6 is 11.8 Å². The van der Waals surface area contributed by atoms with Gasteiger partial charge in [-0.2, -0.15) is 0 Å². The van der Waals surface area contributed by atoms with Crippen LogP contribution in [0.25, 0.3) is 5.65 Å². The maximum atomic E-state index is 10.4. The summed E-state index contributed by atoms with van der Waals surface area (Å²) < 4.78 is 1.76. The van der Waals surface area contributed by atoms with Crippen molar-refractivity contribution in [1.82, 2.24) is 14.6 Å². The molecule has 1 N–H and O–H groups in total. The highest BCUT2D eigenvalue weighted by atomic mass is 32.2. The molecular weight excluding hydrogens is 202 g/mol. The fourth-order valence-electron chi connectivity index (χ4n) is 1.04. The van der Waals surface area contributed by atoms with Crippen LogP contribution in [0.2, 0.25) is 0 Å². The number of rotatable bonds is 3. The first-order chi connectivity index (χ1) is 6.77. The van der Waals surface area contributed by atoms with Crippen molar-refractivity contribution in [2.24, 2.45) is 0 Å². The highest BCUT2D eigenvalue weighted by Crippen LogP contribution is 2.15. The summed E-state index contributed by atoms with van der Waals surface area (Å²) >= 11 is 1.15. The molecule has 0 atom stereocenters. The zero-order valence-corrected chi connectivity index (χ0v) is 7.94. The Morgan fingerprint density at radius 1 is 1.50 bits per heavy atom. The summed E-state index contributed by atoms with van der Waals surface area (Å²) in [6.07, 6.45) is 1.81. The van der Waals surface area contributed by atoms with E-state index in [2.05, 4.69) is 10.2 Å². The SMILES string of the molecule is O=C(O)CSc1nnc2ccccn12. The summed E-state index contributed by atoms with van der Waals surface area (Å²) in [5.74, 6) is -0.863. The Hall–Kier alpha value is -1.56. The quantitative estimate of drug-likeness (QED) is 0.761. The molecule has 6 heteroatoms. The molecule has 5 nitrogen and oxygen atoms in total. The fourth-order valence-corrected chi connectivity index (χ4v) is 1.69. The Morgan fingerprint density at radius 3 is 3.14 bits per heavy atom. The molecule has 2 heterocycles. The van der Waals surface area contributed by atoms with Crippen LogP contribution in [0.4, 0.5) is 0 Å². The third-order valence-electron chi connectivity index (χ3n) is 1.61. The van der Waals surface area contributed by atoms with E-state index >= 15 is 0 Å². The molecule has 0 fully saturated rings. The minimum atomic E-state index is -0.859. The molecule has 0 unspecified atom stereocenters. The van der Waals surface area contributed by atoms with Crippen LogP contribution in [0.1, 0.15) is 0 Å². The first-order valence-corrected chi connectivity index (χ1v) is 4.90. The topological polar surface area (TPSA) is 67.5 Å². The lowest BCUT2D eigenvalue weighted by Gasteiger charge is -1.95. The Balaban J connectivity index is 2.29. The van der Waals surface area contributed by atoms with E-state index in [1.807, 2.05) is 18.2 Å².